The molecule has 0 fully saturated rings. The summed E-state index contributed by atoms with van der Waals surface area (Å²) in [5, 5.41) is 8.49. The van der Waals surface area contributed by atoms with E-state index in [9.17, 15) is 21.6 Å². The topological polar surface area (TPSA) is 78.4 Å². The van der Waals surface area contributed by atoms with Gasteiger partial charge in [-0.1, -0.05) is 11.8 Å². The van der Waals surface area contributed by atoms with Crippen molar-refractivity contribution < 1.29 is 26.7 Å². The van der Waals surface area contributed by atoms with E-state index in [1.807, 2.05) is 4.72 Å². The molecule has 1 aromatic rings. The second-order valence-corrected chi connectivity index (χ2v) is 5.08. The number of rotatable bonds is 4. The lowest BCUT2D eigenvalue weighted by molar-refractivity contribution is -0.121. The van der Waals surface area contributed by atoms with Gasteiger partial charge in [0.2, 0.25) is 0 Å². The van der Waals surface area contributed by atoms with Gasteiger partial charge < -0.3 is 5.11 Å². The lowest BCUT2D eigenvalue weighted by Gasteiger charge is -2.11. The monoisotopic (exact) mass is 308 g/mol. The third-order valence-corrected chi connectivity index (χ3v) is 2.94. The Morgan fingerprint density at radius 2 is 1.80 bits per heavy atom. The third-order valence-electron chi connectivity index (χ3n) is 1.91. The summed E-state index contributed by atoms with van der Waals surface area (Å²) in [6.45, 7) is -1.96. The number of alkyl halides is 3. The molecule has 0 radical (unpaired) electrons. The van der Waals surface area contributed by atoms with Crippen molar-refractivity contribution in [3.63, 3.8) is 0 Å². The zero-order chi connectivity index (χ0) is 15.2. The van der Waals surface area contributed by atoms with Gasteiger partial charge in [-0.05, 0) is 24.3 Å². The average Bonchev–Trinajstić information content (AvgIpc) is 2.35. The predicted molar refractivity (Wildman–Crippen MR) is 67.0 cm³/mol. The number of hydrogen-bond acceptors (Lipinski definition) is 3. The van der Waals surface area contributed by atoms with Crippen molar-refractivity contribution in [2.75, 3.05) is 17.9 Å². The quantitative estimate of drug-likeness (QED) is 0.721. The predicted octanol–water partition coefficient (Wildman–Crippen LogP) is 0.839. The van der Waals surface area contributed by atoms with E-state index in [1.54, 1.807) is 0 Å². The van der Waals surface area contributed by atoms with E-state index in [2.05, 4.69) is 11.8 Å². The van der Waals surface area contributed by atoms with E-state index >= 15 is 0 Å². The Balaban J connectivity index is 2.68. The molecule has 0 aliphatic heterocycles. The number of aliphatic hydroxyl groups excluding tert-OH is 1. The van der Waals surface area contributed by atoms with Crippen LogP contribution in [0.5, 0.6) is 0 Å². The molecule has 0 bridgehead atoms. The van der Waals surface area contributed by atoms with Crippen LogP contribution >= 0.6 is 0 Å². The molecule has 0 aliphatic rings. The Bertz CT molecular complexity index is 601. The Kier molecular flexibility index (Phi) is 5.38. The van der Waals surface area contributed by atoms with Crippen LogP contribution in [-0.2, 0) is 10.2 Å². The molecule has 1 rings (SSSR count). The average molecular weight is 308 g/mol. The maximum atomic E-state index is 11.9. The van der Waals surface area contributed by atoms with Gasteiger partial charge in [-0.3, -0.25) is 4.72 Å². The van der Waals surface area contributed by atoms with E-state index in [4.69, 9.17) is 5.11 Å². The van der Waals surface area contributed by atoms with Crippen molar-refractivity contribution in [3.8, 4) is 11.8 Å². The first-order valence-corrected chi connectivity index (χ1v) is 6.74. The summed E-state index contributed by atoms with van der Waals surface area (Å²) >= 11 is 0. The van der Waals surface area contributed by atoms with Crippen LogP contribution in [0, 0.1) is 11.8 Å². The lowest BCUT2D eigenvalue weighted by Crippen LogP contribution is -2.37. The summed E-state index contributed by atoms with van der Waals surface area (Å²) in [5.74, 6) is 4.99. The molecule has 1 aromatic carbocycles. The standard InChI is InChI=1S/C11H11F3N2O3S/c12-11(13,14)8-15-20(18,19)16-10-5-3-9(4-6-10)2-1-7-17/h3-6,15-17H,7-8H2. The summed E-state index contributed by atoms with van der Waals surface area (Å²) in [7, 11) is -4.29. The maximum absolute atomic E-state index is 11.9. The first kappa shape index (κ1) is 16.3. The molecule has 0 atom stereocenters. The lowest BCUT2D eigenvalue weighted by atomic mass is 10.2. The van der Waals surface area contributed by atoms with Crippen molar-refractivity contribution in [1.82, 2.24) is 4.72 Å². The second-order valence-electron chi connectivity index (χ2n) is 3.58. The summed E-state index contributed by atoms with van der Waals surface area (Å²) in [5.41, 5.74) is 0.625. The smallest absolute Gasteiger partial charge is 0.384 e. The molecule has 9 heteroatoms. The summed E-state index contributed by atoms with van der Waals surface area (Å²) in [6.07, 6.45) is -4.63. The van der Waals surface area contributed by atoms with Crippen molar-refractivity contribution >= 4 is 15.9 Å². The highest BCUT2D eigenvalue weighted by Crippen LogP contribution is 2.14. The molecule has 0 saturated carbocycles. The molecule has 0 amide bonds. The Morgan fingerprint density at radius 3 is 2.30 bits per heavy atom. The van der Waals surface area contributed by atoms with Crippen LogP contribution < -0.4 is 9.44 Å². The van der Waals surface area contributed by atoms with Crippen molar-refractivity contribution in [3.05, 3.63) is 29.8 Å². The van der Waals surface area contributed by atoms with Crippen LogP contribution in [0.3, 0.4) is 0 Å². The highest BCUT2D eigenvalue weighted by Gasteiger charge is 2.29. The van der Waals surface area contributed by atoms with Gasteiger partial charge >= 0.3 is 6.18 Å². The van der Waals surface area contributed by atoms with Gasteiger partial charge in [0.1, 0.15) is 13.2 Å². The Labute approximate surface area is 114 Å². The van der Waals surface area contributed by atoms with Crippen molar-refractivity contribution in [2.45, 2.75) is 6.18 Å². The van der Waals surface area contributed by atoms with Gasteiger partial charge in [0.05, 0.1) is 0 Å². The largest absolute Gasteiger partial charge is 0.402 e. The van der Waals surface area contributed by atoms with Crippen LogP contribution in [0.15, 0.2) is 24.3 Å². The van der Waals surface area contributed by atoms with Crippen LogP contribution in [0.4, 0.5) is 18.9 Å². The Hall–Kier alpha value is -1.76. The highest BCUT2D eigenvalue weighted by molar-refractivity contribution is 7.90. The minimum atomic E-state index is -4.63. The molecule has 0 spiro atoms. The number of hydrogen-bond donors (Lipinski definition) is 3. The summed E-state index contributed by atoms with van der Waals surface area (Å²) in [6, 6.07) is 5.61. The Morgan fingerprint density at radius 1 is 1.20 bits per heavy atom. The molecular formula is C11H11F3N2O3S. The van der Waals surface area contributed by atoms with Crippen LogP contribution in [0.1, 0.15) is 5.56 Å². The molecule has 5 nitrogen and oxygen atoms in total. The fraction of sp³-hybridized carbons (Fsp3) is 0.273. The van der Waals surface area contributed by atoms with E-state index in [1.165, 1.54) is 29.0 Å². The summed E-state index contributed by atoms with van der Waals surface area (Å²) < 4.78 is 61.7. The number of benzene rings is 1. The minimum Gasteiger partial charge on any atom is -0.384 e. The normalized spacial score (nSPS) is 11.6. The van der Waals surface area contributed by atoms with Crippen LogP contribution in [0.25, 0.3) is 0 Å². The zero-order valence-corrected chi connectivity index (χ0v) is 10.8. The van der Waals surface area contributed by atoms with Gasteiger partial charge in [0.15, 0.2) is 0 Å². The van der Waals surface area contributed by atoms with E-state index in [-0.39, 0.29) is 12.3 Å². The first-order chi connectivity index (χ1) is 9.22. The van der Waals surface area contributed by atoms with E-state index in [0.717, 1.165) is 0 Å². The highest BCUT2D eigenvalue weighted by atomic mass is 32.2. The van der Waals surface area contributed by atoms with E-state index < -0.39 is 22.9 Å². The minimum absolute atomic E-state index is 0.0919. The van der Waals surface area contributed by atoms with Crippen LogP contribution in [-0.4, -0.2) is 32.9 Å². The van der Waals surface area contributed by atoms with Gasteiger partial charge in [-0.15, -0.1) is 0 Å². The van der Waals surface area contributed by atoms with Gasteiger partial charge in [-0.2, -0.15) is 26.3 Å². The molecular weight excluding hydrogens is 297 g/mol. The maximum Gasteiger partial charge on any atom is 0.402 e. The molecule has 110 valence electrons. The first-order valence-electron chi connectivity index (χ1n) is 5.26. The molecule has 0 saturated heterocycles. The number of aliphatic hydroxyl groups is 1. The second kappa shape index (κ2) is 6.60. The zero-order valence-electron chi connectivity index (χ0n) is 10.0. The van der Waals surface area contributed by atoms with Gasteiger partial charge in [-0.25, -0.2) is 0 Å². The number of anilines is 1. The van der Waals surface area contributed by atoms with Crippen molar-refractivity contribution in [2.24, 2.45) is 0 Å². The molecule has 3 N–H and O–H groups in total. The van der Waals surface area contributed by atoms with Crippen molar-refractivity contribution in [1.29, 1.82) is 0 Å². The molecule has 20 heavy (non-hydrogen) atoms. The molecule has 0 aromatic heterocycles. The number of nitrogens with one attached hydrogen (secondary N) is 2. The number of halogens is 3. The molecule has 0 heterocycles. The van der Waals surface area contributed by atoms with E-state index in [0.29, 0.717) is 5.56 Å². The summed E-state index contributed by atoms with van der Waals surface area (Å²) in [4.78, 5) is 0. The van der Waals surface area contributed by atoms with Gasteiger partial charge in [0.25, 0.3) is 10.2 Å². The SMILES string of the molecule is O=S(=O)(NCC(F)(F)F)Nc1ccc(C#CCO)cc1. The molecule has 0 aliphatic carbocycles. The van der Waals surface area contributed by atoms with Gasteiger partial charge in [0, 0.05) is 11.3 Å². The molecule has 0 unspecified atom stereocenters. The van der Waals surface area contributed by atoms with Crippen LogP contribution in [0.2, 0.25) is 0 Å². The fourth-order valence-corrected chi connectivity index (χ4v) is 2.00. The third kappa shape index (κ3) is 6.42. The fourth-order valence-electron chi connectivity index (χ4n) is 1.13.